The second kappa shape index (κ2) is 8.81. The van der Waals surface area contributed by atoms with Crippen LogP contribution in [0.5, 0.6) is 0 Å². The summed E-state index contributed by atoms with van der Waals surface area (Å²) in [6, 6.07) is 21.6. The molecule has 0 aromatic heterocycles. The minimum Gasteiger partial charge on any atom is -0.347 e. The summed E-state index contributed by atoms with van der Waals surface area (Å²) in [7, 11) is 0. The van der Waals surface area contributed by atoms with E-state index in [1.54, 1.807) is 0 Å². The maximum Gasteiger partial charge on any atom is 0.168 e. The van der Waals surface area contributed by atoms with E-state index in [0.717, 1.165) is 25.9 Å². The third-order valence-electron chi connectivity index (χ3n) is 5.53. The van der Waals surface area contributed by atoms with Crippen molar-refractivity contribution in [2.45, 2.75) is 64.6 Å². The largest absolute Gasteiger partial charge is 0.347 e. The molecule has 0 bridgehead atoms. The Labute approximate surface area is 157 Å². The second-order valence-corrected chi connectivity index (χ2v) is 7.20. The first-order chi connectivity index (χ1) is 12.7. The van der Waals surface area contributed by atoms with Crippen LogP contribution in [0.3, 0.4) is 0 Å². The molecule has 26 heavy (non-hydrogen) atoms. The molecule has 3 heteroatoms. The highest BCUT2D eigenvalue weighted by Crippen LogP contribution is 2.33. The van der Waals surface area contributed by atoms with Gasteiger partial charge in [-0.05, 0) is 30.9 Å². The van der Waals surface area contributed by atoms with Crippen LogP contribution in [-0.2, 0) is 22.6 Å². The highest BCUT2D eigenvalue weighted by molar-refractivity contribution is 5.17. The van der Waals surface area contributed by atoms with Gasteiger partial charge in [-0.25, -0.2) is 0 Å². The molecule has 3 rings (SSSR count). The average molecular weight is 354 g/mol. The van der Waals surface area contributed by atoms with Crippen molar-refractivity contribution in [2.24, 2.45) is 0 Å². The van der Waals surface area contributed by atoms with E-state index in [1.165, 1.54) is 11.1 Å². The van der Waals surface area contributed by atoms with Crippen LogP contribution in [0.1, 0.15) is 44.7 Å². The molecule has 0 saturated carbocycles. The molecule has 1 heterocycles. The van der Waals surface area contributed by atoms with E-state index < -0.39 is 5.79 Å². The molecule has 1 saturated heterocycles. The van der Waals surface area contributed by atoms with Crippen LogP contribution in [0.4, 0.5) is 0 Å². The Bertz CT molecular complexity index is 613. The van der Waals surface area contributed by atoms with Crippen molar-refractivity contribution in [1.82, 2.24) is 4.90 Å². The molecule has 0 spiro atoms. The molecule has 0 radical (unpaired) electrons. The fourth-order valence-corrected chi connectivity index (χ4v) is 3.65. The normalized spacial score (nSPS) is 20.4. The van der Waals surface area contributed by atoms with Gasteiger partial charge >= 0.3 is 0 Å². The summed E-state index contributed by atoms with van der Waals surface area (Å²) in [6.07, 6.45) is 1.89. The van der Waals surface area contributed by atoms with Crippen molar-refractivity contribution in [2.75, 3.05) is 6.61 Å². The van der Waals surface area contributed by atoms with Crippen LogP contribution < -0.4 is 0 Å². The molecule has 1 aliphatic heterocycles. The lowest BCUT2D eigenvalue weighted by Crippen LogP contribution is -2.43. The number of hydrogen-bond acceptors (Lipinski definition) is 3. The van der Waals surface area contributed by atoms with E-state index in [-0.39, 0.29) is 12.1 Å². The molecule has 1 aliphatic rings. The van der Waals surface area contributed by atoms with E-state index >= 15 is 0 Å². The van der Waals surface area contributed by atoms with Crippen LogP contribution in [0.2, 0.25) is 0 Å². The molecule has 1 fully saturated rings. The van der Waals surface area contributed by atoms with Gasteiger partial charge in [-0.15, -0.1) is 0 Å². The summed E-state index contributed by atoms with van der Waals surface area (Å²) < 4.78 is 12.5. The summed E-state index contributed by atoms with van der Waals surface area (Å²) in [5, 5.41) is 0. The number of rotatable bonds is 8. The Morgan fingerprint density at radius 1 is 0.923 bits per heavy atom. The molecule has 140 valence electrons. The predicted molar refractivity (Wildman–Crippen MR) is 106 cm³/mol. The van der Waals surface area contributed by atoms with Gasteiger partial charge in [0.2, 0.25) is 0 Å². The number of benzene rings is 2. The van der Waals surface area contributed by atoms with Crippen molar-refractivity contribution < 1.29 is 9.47 Å². The molecule has 2 aromatic carbocycles. The van der Waals surface area contributed by atoms with Gasteiger partial charge in [0.1, 0.15) is 0 Å². The van der Waals surface area contributed by atoms with E-state index in [0.29, 0.717) is 6.61 Å². The maximum atomic E-state index is 6.40. The summed E-state index contributed by atoms with van der Waals surface area (Å²) >= 11 is 0. The molecule has 2 aromatic rings. The Morgan fingerprint density at radius 2 is 1.42 bits per heavy atom. The zero-order valence-corrected chi connectivity index (χ0v) is 16.2. The van der Waals surface area contributed by atoms with Crippen LogP contribution in [0.15, 0.2) is 60.7 Å². The quantitative estimate of drug-likeness (QED) is 0.666. The number of hydrogen-bond donors (Lipinski definition) is 0. The van der Waals surface area contributed by atoms with Crippen molar-refractivity contribution in [3.05, 3.63) is 71.8 Å². The van der Waals surface area contributed by atoms with Gasteiger partial charge in [0.15, 0.2) is 5.79 Å². The van der Waals surface area contributed by atoms with Gasteiger partial charge in [-0.3, -0.25) is 4.90 Å². The Balaban J connectivity index is 1.76. The smallest absolute Gasteiger partial charge is 0.168 e. The van der Waals surface area contributed by atoms with E-state index in [2.05, 4.69) is 86.3 Å². The van der Waals surface area contributed by atoms with Crippen LogP contribution >= 0.6 is 0 Å². The lowest BCUT2D eigenvalue weighted by atomic mass is 10.1. The van der Waals surface area contributed by atoms with Gasteiger partial charge in [-0.1, -0.05) is 74.5 Å². The topological polar surface area (TPSA) is 21.7 Å². The molecule has 3 nitrogen and oxygen atoms in total. The first-order valence-corrected chi connectivity index (χ1v) is 9.79. The van der Waals surface area contributed by atoms with Gasteiger partial charge in [-0.2, -0.15) is 0 Å². The second-order valence-electron chi connectivity index (χ2n) is 7.20. The standard InChI is InChI=1S/C23H31NO2/c1-4-23(5-2)25-18-22(26-23)19(3)24(16-20-12-8-6-9-13-20)17-21-14-10-7-11-15-21/h6-15,19,22H,4-5,16-18H2,1-3H3/t19-,22-/m0/s1. The third kappa shape index (κ3) is 4.53. The molecule has 0 amide bonds. The fourth-order valence-electron chi connectivity index (χ4n) is 3.65. The Kier molecular flexibility index (Phi) is 6.47. The average Bonchev–Trinajstić information content (AvgIpc) is 3.14. The van der Waals surface area contributed by atoms with Crippen LogP contribution in [0, 0.1) is 0 Å². The van der Waals surface area contributed by atoms with E-state index in [4.69, 9.17) is 9.47 Å². The van der Waals surface area contributed by atoms with Gasteiger partial charge in [0, 0.05) is 19.1 Å². The summed E-state index contributed by atoms with van der Waals surface area (Å²) in [5.74, 6) is -0.399. The van der Waals surface area contributed by atoms with Gasteiger partial charge < -0.3 is 9.47 Å². The highest BCUT2D eigenvalue weighted by Gasteiger charge is 2.41. The fraction of sp³-hybridized carbons (Fsp3) is 0.478. The van der Waals surface area contributed by atoms with Gasteiger partial charge in [0.05, 0.1) is 12.7 Å². The van der Waals surface area contributed by atoms with E-state index in [9.17, 15) is 0 Å². The molecule has 0 aliphatic carbocycles. The van der Waals surface area contributed by atoms with Crippen molar-refractivity contribution >= 4 is 0 Å². The van der Waals surface area contributed by atoms with Gasteiger partial charge in [0.25, 0.3) is 0 Å². The highest BCUT2D eigenvalue weighted by atomic mass is 16.7. The minimum absolute atomic E-state index is 0.0994. The summed E-state index contributed by atoms with van der Waals surface area (Å²) in [5.41, 5.74) is 2.65. The number of ether oxygens (including phenoxy) is 2. The lowest BCUT2D eigenvalue weighted by Gasteiger charge is -2.33. The molecule has 0 N–H and O–H groups in total. The van der Waals surface area contributed by atoms with E-state index in [1.807, 2.05) is 0 Å². The molecule has 2 atom stereocenters. The number of nitrogens with zero attached hydrogens (tertiary/aromatic N) is 1. The van der Waals surface area contributed by atoms with Crippen molar-refractivity contribution in [3.63, 3.8) is 0 Å². The molecule has 0 unspecified atom stereocenters. The summed E-state index contributed by atoms with van der Waals surface area (Å²) in [4.78, 5) is 2.50. The Morgan fingerprint density at radius 3 is 1.85 bits per heavy atom. The molecular formula is C23H31NO2. The van der Waals surface area contributed by atoms with Crippen LogP contribution in [0.25, 0.3) is 0 Å². The summed E-state index contributed by atoms with van der Waals surface area (Å²) in [6.45, 7) is 9.03. The Hall–Kier alpha value is -1.68. The molecular weight excluding hydrogens is 322 g/mol. The monoisotopic (exact) mass is 353 g/mol. The third-order valence-corrected chi connectivity index (χ3v) is 5.53. The van der Waals surface area contributed by atoms with Crippen molar-refractivity contribution in [3.8, 4) is 0 Å². The van der Waals surface area contributed by atoms with Crippen molar-refractivity contribution in [1.29, 1.82) is 0 Å². The minimum atomic E-state index is -0.399. The predicted octanol–water partition coefficient (Wildman–Crippen LogP) is 5.01. The van der Waals surface area contributed by atoms with Crippen LogP contribution in [-0.4, -0.2) is 29.4 Å². The zero-order valence-electron chi connectivity index (χ0n) is 16.2. The maximum absolute atomic E-state index is 6.40. The zero-order chi connectivity index (χ0) is 18.4. The first-order valence-electron chi connectivity index (χ1n) is 9.79. The first kappa shape index (κ1) is 19.1. The lowest BCUT2D eigenvalue weighted by molar-refractivity contribution is -0.177. The SMILES string of the molecule is CCC1(CC)OC[C@@H]([C@H](C)N(Cc2ccccc2)Cc2ccccc2)O1.